The minimum absolute atomic E-state index is 0.142. The first kappa shape index (κ1) is 24.5. The highest BCUT2D eigenvalue weighted by atomic mass is 35.5. The van der Waals surface area contributed by atoms with Crippen molar-refractivity contribution < 1.29 is 4.74 Å². The van der Waals surface area contributed by atoms with Gasteiger partial charge < -0.3 is 19.5 Å². The molecular weight excluding hydrogens is 512 g/mol. The average Bonchev–Trinajstić information content (AvgIpc) is 3.43. The van der Waals surface area contributed by atoms with Crippen molar-refractivity contribution >= 4 is 45.4 Å². The van der Waals surface area contributed by atoms with Crippen molar-refractivity contribution in [1.82, 2.24) is 14.9 Å². The SMILES string of the molecule is COc1ccc(N2C(=S)N[C@@H](c3ccccn3)[C@@H]2c2cc(C)n(-c3cccc4ccccc34)c2C)cc1Cl. The molecular formula is C31H27ClN4OS. The second kappa shape index (κ2) is 9.78. The first-order valence-electron chi connectivity index (χ1n) is 12.5. The van der Waals surface area contributed by atoms with Crippen LogP contribution in [0.5, 0.6) is 5.75 Å². The molecule has 5 nitrogen and oxygen atoms in total. The number of methoxy groups -OCH3 is 1. The van der Waals surface area contributed by atoms with Crippen LogP contribution in [0.1, 0.15) is 34.7 Å². The molecule has 2 aromatic heterocycles. The summed E-state index contributed by atoms with van der Waals surface area (Å²) in [6, 6.07) is 28.7. The highest BCUT2D eigenvalue weighted by Crippen LogP contribution is 2.45. The van der Waals surface area contributed by atoms with Crippen LogP contribution in [0.15, 0.2) is 91.1 Å². The molecule has 1 N–H and O–H groups in total. The van der Waals surface area contributed by atoms with Crippen LogP contribution in [0, 0.1) is 13.8 Å². The second-order valence-electron chi connectivity index (χ2n) is 9.48. The number of pyridine rings is 1. The number of halogens is 1. The second-order valence-corrected chi connectivity index (χ2v) is 10.3. The number of nitrogens with zero attached hydrogens (tertiary/aromatic N) is 3. The highest BCUT2D eigenvalue weighted by Gasteiger charge is 2.42. The van der Waals surface area contributed by atoms with Crippen LogP contribution in [-0.2, 0) is 0 Å². The molecule has 1 aliphatic heterocycles. The first-order chi connectivity index (χ1) is 18.5. The fourth-order valence-corrected chi connectivity index (χ4v) is 6.21. The maximum absolute atomic E-state index is 6.57. The molecule has 0 bridgehead atoms. The molecule has 190 valence electrons. The minimum atomic E-state index is -0.147. The van der Waals surface area contributed by atoms with Gasteiger partial charge in [-0.1, -0.05) is 54.1 Å². The molecule has 0 aliphatic carbocycles. The van der Waals surface area contributed by atoms with E-state index in [0.29, 0.717) is 15.9 Å². The van der Waals surface area contributed by atoms with Gasteiger partial charge in [0, 0.05) is 28.7 Å². The molecule has 3 heterocycles. The van der Waals surface area contributed by atoms with Crippen LogP contribution in [-0.4, -0.2) is 21.8 Å². The quantitative estimate of drug-likeness (QED) is 0.235. The van der Waals surface area contributed by atoms with E-state index in [9.17, 15) is 0 Å². The smallest absolute Gasteiger partial charge is 0.174 e. The number of anilines is 1. The largest absolute Gasteiger partial charge is 0.495 e. The number of aryl methyl sites for hydroxylation is 1. The van der Waals surface area contributed by atoms with Crippen LogP contribution in [0.3, 0.4) is 0 Å². The fourth-order valence-electron chi connectivity index (χ4n) is 5.62. The van der Waals surface area contributed by atoms with Crippen molar-refractivity contribution in [2.24, 2.45) is 0 Å². The summed E-state index contributed by atoms with van der Waals surface area (Å²) in [4.78, 5) is 6.85. The standard InChI is InChI=1S/C31H27ClN4OS/c1-19-17-24(20(2)35(19)27-13-8-10-21-9-4-5-11-23(21)27)30-29(26-12-6-7-16-33-26)34-31(38)36(30)22-14-15-28(37-3)25(32)18-22/h4-18,29-30H,1-3H3,(H,34,38)/t29-,30-/m0/s1. The van der Waals surface area contributed by atoms with E-state index >= 15 is 0 Å². The molecule has 1 saturated heterocycles. The first-order valence-corrected chi connectivity index (χ1v) is 13.3. The molecule has 2 atom stereocenters. The lowest BCUT2D eigenvalue weighted by atomic mass is 9.96. The Bertz CT molecular complexity index is 1660. The number of benzene rings is 3. The number of nitrogens with one attached hydrogen (secondary N) is 1. The predicted molar refractivity (Wildman–Crippen MR) is 159 cm³/mol. The number of ether oxygens (including phenoxy) is 1. The maximum atomic E-state index is 6.57. The summed E-state index contributed by atoms with van der Waals surface area (Å²) in [7, 11) is 1.62. The van der Waals surface area contributed by atoms with Gasteiger partial charge in [0.25, 0.3) is 0 Å². The van der Waals surface area contributed by atoms with E-state index in [1.165, 1.54) is 16.3 Å². The summed E-state index contributed by atoms with van der Waals surface area (Å²) < 4.78 is 7.74. The third-order valence-electron chi connectivity index (χ3n) is 7.31. The number of thiocarbonyl (C=S) groups is 1. The van der Waals surface area contributed by atoms with Gasteiger partial charge in [-0.05, 0) is 79.5 Å². The molecule has 0 unspecified atom stereocenters. The summed E-state index contributed by atoms with van der Waals surface area (Å²) in [6.45, 7) is 4.34. The summed E-state index contributed by atoms with van der Waals surface area (Å²) in [6.07, 6.45) is 1.82. The van der Waals surface area contributed by atoms with Crippen LogP contribution >= 0.6 is 23.8 Å². The van der Waals surface area contributed by atoms with E-state index in [2.05, 4.69) is 77.2 Å². The summed E-state index contributed by atoms with van der Waals surface area (Å²) >= 11 is 12.5. The van der Waals surface area contributed by atoms with Gasteiger partial charge in [-0.2, -0.15) is 0 Å². The van der Waals surface area contributed by atoms with Crippen LogP contribution < -0.4 is 15.0 Å². The Balaban J connectivity index is 1.54. The Morgan fingerprint density at radius 1 is 0.947 bits per heavy atom. The maximum Gasteiger partial charge on any atom is 0.174 e. The van der Waals surface area contributed by atoms with E-state index in [1.54, 1.807) is 7.11 Å². The topological polar surface area (TPSA) is 42.3 Å². The number of rotatable bonds is 5. The van der Waals surface area contributed by atoms with Crippen molar-refractivity contribution in [1.29, 1.82) is 0 Å². The van der Waals surface area contributed by atoms with Crippen LogP contribution in [0.4, 0.5) is 5.69 Å². The Morgan fingerprint density at radius 3 is 2.50 bits per heavy atom. The van der Waals surface area contributed by atoms with Gasteiger partial charge in [0.05, 0.1) is 35.6 Å². The number of hydrogen-bond donors (Lipinski definition) is 1. The molecule has 0 spiro atoms. The molecule has 1 aliphatic rings. The van der Waals surface area contributed by atoms with E-state index in [-0.39, 0.29) is 12.1 Å². The van der Waals surface area contributed by atoms with Crippen LogP contribution in [0.25, 0.3) is 16.5 Å². The lowest BCUT2D eigenvalue weighted by molar-refractivity contribution is 0.415. The molecule has 6 rings (SSSR count). The normalized spacial score (nSPS) is 17.2. The fraction of sp³-hybridized carbons (Fsp3) is 0.161. The third-order valence-corrected chi connectivity index (χ3v) is 7.92. The Morgan fingerprint density at radius 2 is 1.74 bits per heavy atom. The van der Waals surface area contributed by atoms with E-state index in [1.807, 2.05) is 42.6 Å². The average molecular weight is 539 g/mol. The Kier molecular flexibility index (Phi) is 6.30. The minimum Gasteiger partial charge on any atom is -0.495 e. The van der Waals surface area contributed by atoms with Crippen molar-refractivity contribution in [3.05, 3.63) is 119 Å². The third kappa shape index (κ3) is 4.01. The Hall–Kier alpha value is -3.87. The lowest BCUT2D eigenvalue weighted by Gasteiger charge is -2.28. The lowest BCUT2D eigenvalue weighted by Crippen LogP contribution is -2.29. The number of hydrogen-bond acceptors (Lipinski definition) is 3. The molecule has 0 amide bonds. The zero-order valence-electron chi connectivity index (χ0n) is 21.4. The molecule has 0 radical (unpaired) electrons. The predicted octanol–water partition coefficient (Wildman–Crippen LogP) is 7.48. The van der Waals surface area contributed by atoms with Gasteiger partial charge >= 0.3 is 0 Å². The zero-order chi connectivity index (χ0) is 26.4. The van der Waals surface area contributed by atoms with Gasteiger partial charge in [0.1, 0.15) is 5.75 Å². The van der Waals surface area contributed by atoms with Gasteiger partial charge in [0.2, 0.25) is 0 Å². The van der Waals surface area contributed by atoms with Crippen LogP contribution in [0.2, 0.25) is 5.02 Å². The number of aromatic nitrogens is 2. The van der Waals surface area contributed by atoms with Gasteiger partial charge in [0.15, 0.2) is 5.11 Å². The van der Waals surface area contributed by atoms with E-state index in [0.717, 1.165) is 28.5 Å². The van der Waals surface area contributed by atoms with Crippen molar-refractivity contribution in [3.63, 3.8) is 0 Å². The molecule has 38 heavy (non-hydrogen) atoms. The zero-order valence-corrected chi connectivity index (χ0v) is 22.9. The molecule has 5 aromatic rings. The summed E-state index contributed by atoms with van der Waals surface area (Å²) in [5.41, 5.74) is 6.46. The van der Waals surface area contributed by atoms with Crippen molar-refractivity contribution in [2.75, 3.05) is 12.0 Å². The Labute approximate surface area is 232 Å². The summed E-state index contributed by atoms with van der Waals surface area (Å²) in [5, 5.41) is 7.14. The van der Waals surface area contributed by atoms with E-state index in [4.69, 9.17) is 33.5 Å². The van der Waals surface area contributed by atoms with Crippen molar-refractivity contribution in [2.45, 2.75) is 25.9 Å². The molecule has 3 aromatic carbocycles. The van der Waals surface area contributed by atoms with Crippen molar-refractivity contribution in [3.8, 4) is 11.4 Å². The van der Waals surface area contributed by atoms with Gasteiger partial charge in [-0.3, -0.25) is 4.98 Å². The van der Waals surface area contributed by atoms with Gasteiger partial charge in [-0.25, -0.2) is 0 Å². The van der Waals surface area contributed by atoms with E-state index < -0.39 is 0 Å². The molecule has 7 heteroatoms. The molecule has 0 saturated carbocycles. The molecule has 1 fully saturated rings. The number of fused-ring (bicyclic) bond motifs is 1. The van der Waals surface area contributed by atoms with Gasteiger partial charge in [-0.15, -0.1) is 0 Å². The summed E-state index contributed by atoms with van der Waals surface area (Å²) in [5.74, 6) is 0.625. The highest BCUT2D eigenvalue weighted by molar-refractivity contribution is 7.80. The monoisotopic (exact) mass is 538 g/mol.